The van der Waals surface area contributed by atoms with Crippen LogP contribution in [-0.4, -0.2) is 99.4 Å². The number of carbonyl (C=O) groups excluding carboxylic acids is 1. The van der Waals surface area contributed by atoms with Gasteiger partial charge in [-0.2, -0.15) is 23.1 Å². The van der Waals surface area contributed by atoms with Crippen LogP contribution in [0.15, 0.2) is 24.3 Å². The lowest BCUT2D eigenvalue weighted by molar-refractivity contribution is -0.191. The van der Waals surface area contributed by atoms with Crippen molar-refractivity contribution < 1.29 is 36.6 Å². The third-order valence-corrected chi connectivity index (χ3v) is 11.1. The number of aromatic hydroxyl groups is 1. The number of terminal acetylenes is 1. The van der Waals surface area contributed by atoms with E-state index < -0.39 is 35.8 Å². The van der Waals surface area contributed by atoms with Gasteiger partial charge in [-0.3, -0.25) is 9.69 Å². The predicted molar refractivity (Wildman–Crippen MR) is 191 cm³/mol. The standard InChI is InChI=1S/C38H40F5N7O3/c1-5-22-18-48(19-23(6-2)50(22)35(52)38(41,42)43)34-29-32(46-36(47-34)53-20-37-12-8-14-49(37)15-9-13-37)30(40)31(45-33(29)44-4)26-17-24(51)16-21-10-11-27(39)25(7-3)28(21)26/h3,10-11,16-17,22-23,51H,5-6,8-9,12-15,18-20H2,1-2,4H3,(H,44,45). The van der Waals surface area contributed by atoms with Crippen LogP contribution in [0, 0.1) is 24.0 Å². The van der Waals surface area contributed by atoms with Crippen molar-refractivity contribution in [3.63, 3.8) is 0 Å². The number of halogens is 5. The Labute approximate surface area is 303 Å². The molecule has 2 unspecified atom stereocenters. The molecule has 0 radical (unpaired) electrons. The molecule has 5 heterocycles. The van der Waals surface area contributed by atoms with Crippen molar-refractivity contribution in [1.82, 2.24) is 24.8 Å². The Kier molecular flexibility index (Phi) is 9.46. The fraction of sp³-hybridized carbons (Fsp3) is 0.474. The molecule has 3 fully saturated rings. The highest BCUT2D eigenvalue weighted by Crippen LogP contribution is 2.43. The average molecular weight is 738 g/mol. The second kappa shape index (κ2) is 13.8. The van der Waals surface area contributed by atoms with Crippen molar-refractivity contribution in [2.45, 2.75) is 76.2 Å². The van der Waals surface area contributed by atoms with Crippen LogP contribution in [0.5, 0.6) is 11.8 Å². The number of ether oxygens (including phenoxy) is 1. The van der Waals surface area contributed by atoms with Crippen LogP contribution in [-0.2, 0) is 4.79 Å². The van der Waals surface area contributed by atoms with Gasteiger partial charge in [0.2, 0.25) is 0 Å². The molecule has 0 bridgehead atoms. The van der Waals surface area contributed by atoms with Crippen molar-refractivity contribution in [1.29, 1.82) is 0 Å². The van der Waals surface area contributed by atoms with Crippen LogP contribution in [0.2, 0.25) is 0 Å². The van der Waals surface area contributed by atoms with Gasteiger partial charge in [-0.05, 0) is 75.2 Å². The summed E-state index contributed by atoms with van der Waals surface area (Å²) < 4.78 is 80.0. The Balaban J connectivity index is 1.43. The Morgan fingerprint density at radius 1 is 1.06 bits per heavy atom. The second-order valence-electron chi connectivity index (χ2n) is 14.0. The summed E-state index contributed by atoms with van der Waals surface area (Å²) >= 11 is 0. The van der Waals surface area contributed by atoms with Gasteiger partial charge in [0.1, 0.15) is 41.0 Å². The van der Waals surface area contributed by atoms with E-state index in [0.717, 1.165) is 49.7 Å². The summed E-state index contributed by atoms with van der Waals surface area (Å²) in [5, 5.41) is 14.3. The topological polar surface area (TPSA) is 107 Å². The molecule has 3 aliphatic heterocycles. The molecule has 53 heavy (non-hydrogen) atoms. The van der Waals surface area contributed by atoms with Crippen molar-refractivity contribution in [2.24, 2.45) is 0 Å². The first-order valence-corrected chi connectivity index (χ1v) is 17.9. The van der Waals surface area contributed by atoms with Crippen LogP contribution in [0.4, 0.5) is 33.6 Å². The van der Waals surface area contributed by atoms with Crippen molar-refractivity contribution >= 4 is 39.2 Å². The number of hydrogen-bond acceptors (Lipinski definition) is 9. The van der Waals surface area contributed by atoms with Gasteiger partial charge < -0.3 is 25.0 Å². The Hall–Kier alpha value is -4.97. The molecular formula is C38H40F5N7O3. The molecule has 3 aliphatic rings. The van der Waals surface area contributed by atoms with Crippen molar-refractivity contribution in [2.75, 3.05) is 50.1 Å². The lowest BCUT2D eigenvalue weighted by atomic mass is 9.95. The highest BCUT2D eigenvalue weighted by atomic mass is 19.4. The Morgan fingerprint density at radius 3 is 2.34 bits per heavy atom. The third kappa shape index (κ3) is 6.20. The van der Waals surface area contributed by atoms with Crippen molar-refractivity contribution in [3.05, 3.63) is 41.5 Å². The van der Waals surface area contributed by atoms with Gasteiger partial charge in [0, 0.05) is 43.2 Å². The van der Waals surface area contributed by atoms with E-state index in [9.17, 15) is 23.1 Å². The van der Waals surface area contributed by atoms with Crippen LogP contribution in [0.25, 0.3) is 32.9 Å². The number of benzene rings is 2. The zero-order valence-corrected chi connectivity index (χ0v) is 29.7. The number of fused-ring (bicyclic) bond motifs is 3. The number of phenolic OH excluding ortho intramolecular Hbond substituents is 1. The molecule has 2 aromatic carbocycles. The molecule has 1 amide bonds. The predicted octanol–water partition coefficient (Wildman–Crippen LogP) is 6.63. The Bertz CT molecular complexity index is 2110. The van der Waals surface area contributed by atoms with Gasteiger partial charge in [0.15, 0.2) is 5.82 Å². The summed E-state index contributed by atoms with van der Waals surface area (Å²) in [6.45, 7) is 5.48. The van der Waals surface area contributed by atoms with E-state index in [2.05, 4.69) is 26.1 Å². The molecule has 280 valence electrons. The SMILES string of the molecule is C#Cc1c(F)ccc2cc(O)cc(-c3nc(NC)c4c(N5CC(CC)N(C(=O)C(F)(F)F)C(CC)C5)nc(OCC56CCCN5CCC6)nc4c3F)c12. The molecule has 2 N–H and O–H groups in total. The lowest BCUT2D eigenvalue weighted by Crippen LogP contribution is -2.63. The first-order chi connectivity index (χ1) is 25.3. The largest absolute Gasteiger partial charge is 0.508 e. The monoisotopic (exact) mass is 737 g/mol. The van der Waals surface area contributed by atoms with Crippen LogP contribution in [0.1, 0.15) is 57.9 Å². The molecule has 7 rings (SSSR count). The van der Waals surface area contributed by atoms with E-state index in [4.69, 9.17) is 16.1 Å². The fourth-order valence-corrected chi connectivity index (χ4v) is 8.56. The number of nitrogens with zero attached hydrogens (tertiary/aromatic N) is 6. The zero-order chi connectivity index (χ0) is 37.8. The minimum atomic E-state index is -5.06. The number of carbonyl (C=O) groups is 1. The maximum absolute atomic E-state index is 17.3. The minimum Gasteiger partial charge on any atom is -0.508 e. The number of hydrogen-bond donors (Lipinski definition) is 2. The van der Waals surface area contributed by atoms with E-state index in [1.165, 1.54) is 18.2 Å². The lowest BCUT2D eigenvalue weighted by Gasteiger charge is -2.47. The van der Waals surface area contributed by atoms with Crippen molar-refractivity contribution in [3.8, 4) is 35.4 Å². The fourth-order valence-electron chi connectivity index (χ4n) is 8.56. The number of amides is 1. The van der Waals surface area contributed by atoms with E-state index in [-0.39, 0.29) is 94.6 Å². The van der Waals surface area contributed by atoms with Gasteiger partial charge in [0.05, 0.1) is 16.5 Å². The summed E-state index contributed by atoms with van der Waals surface area (Å²) in [4.78, 5) is 31.7. The molecule has 0 aliphatic carbocycles. The number of rotatable bonds is 8. The third-order valence-electron chi connectivity index (χ3n) is 11.1. The van der Waals surface area contributed by atoms with Crippen LogP contribution in [0.3, 0.4) is 0 Å². The first-order valence-electron chi connectivity index (χ1n) is 17.9. The summed E-state index contributed by atoms with van der Waals surface area (Å²) in [6, 6.07) is 3.41. The van der Waals surface area contributed by atoms with Crippen LogP contribution >= 0.6 is 0 Å². The second-order valence-corrected chi connectivity index (χ2v) is 14.0. The van der Waals surface area contributed by atoms with Gasteiger partial charge >= 0.3 is 18.1 Å². The van der Waals surface area contributed by atoms with E-state index in [1.807, 2.05) is 0 Å². The van der Waals surface area contributed by atoms with E-state index >= 15 is 8.78 Å². The summed E-state index contributed by atoms with van der Waals surface area (Å²) in [7, 11) is 1.56. The van der Waals surface area contributed by atoms with Gasteiger partial charge in [0.25, 0.3) is 0 Å². The normalized spacial score (nSPS) is 20.2. The summed E-state index contributed by atoms with van der Waals surface area (Å²) in [5.41, 5.74) is -0.825. The van der Waals surface area contributed by atoms with Gasteiger partial charge in [-0.25, -0.2) is 13.8 Å². The molecule has 3 saturated heterocycles. The average Bonchev–Trinajstić information content (AvgIpc) is 3.73. The van der Waals surface area contributed by atoms with Crippen LogP contribution < -0.4 is 15.0 Å². The van der Waals surface area contributed by atoms with E-state index in [0.29, 0.717) is 5.39 Å². The molecule has 0 spiro atoms. The number of nitrogens with one attached hydrogen (secondary N) is 1. The Morgan fingerprint density at radius 2 is 1.74 bits per heavy atom. The molecule has 4 aromatic rings. The summed E-state index contributed by atoms with van der Waals surface area (Å²) in [5.74, 6) is -1.16. The molecular weight excluding hydrogens is 697 g/mol. The highest BCUT2D eigenvalue weighted by molar-refractivity contribution is 6.05. The van der Waals surface area contributed by atoms with Gasteiger partial charge in [-0.1, -0.05) is 25.8 Å². The minimum absolute atomic E-state index is 0.0220. The molecule has 15 heteroatoms. The smallest absolute Gasteiger partial charge is 0.471 e. The number of anilines is 2. The first kappa shape index (κ1) is 36.4. The highest BCUT2D eigenvalue weighted by Gasteiger charge is 2.49. The quantitative estimate of drug-likeness (QED) is 0.152. The number of alkyl halides is 3. The number of aromatic nitrogens is 3. The van der Waals surface area contributed by atoms with Gasteiger partial charge in [-0.15, -0.1) is 6.42 Å². The van der Waals surface area contributed by atoms with E-state index in [1.54, 1.807) is 25.8 Å². The molecule has 10 nitrogen and oxygen atoms in total. The summed E-state index contributed by atoms with van der Waals surface area (Å²) in [6.07, 6.45) is 4.96. The number of pyridine rings is 1. The number of phenols is 1. The molecule has 2 atom stereocenters. The maximum Gasteiger partial charge on any atom is 0.471 e. The molecule has 2 aromatic heterocycles. The zero-order valence-electron chi connectivity index (χ0n) is 29.7. The number of piperazine rings is 1. The maximum atomic E-state index is 17.3. The molecule has 0 saturated carbocycles.